The van der Waals surface area contributed by atoms with E-state index in [0.717, 1.165) is 30.9 Å². The molecule has 0 aliphatic carbocycles. The van der Waals surface area contributed by atoms with E-state index in [-0.39, 0.29) is 5.69 Å². The summed E-state index contributed by atoms with van der Waals surface area (Å²) in [4.78, 5) is 17.6. The monoisotopic (exact) mass is 191 g/mol. The molecule has 0 atom stereocenters. The minimum atomic E-state index is -0.267. The first-order valence-corrected chi connectivity index (χ1v) is 4.86. The van der Waals surface area contributed by atoms with Crippen LogP contribution in [-0.4, -0.2) is 14.5 Å². The van der Waals surface area contributed by atoms with E-state index in [2.05, 4.69) is 16.9 Å². The van der Waals surface area contributed by atoms with Crippen LogP contribution in [0, 0.1) is 0 Å². The number of H-pyrrole nitrogens is 1. The van der Waals surface area contributed by atoms with E-state index >= 15 is 0 Å². The maximum absolute atomic E-state index is 11.0. The Hall–Kier alpha value is -1.58. The molecule has 0 aromatic carbocycles. The zero-order valence-corrected chi connectivity index (χ0v) is 8.16. The van der Waals surface area contributed by atoms with Crippen molar-refractivity contribution in [2.24, 2.45) is 0 Å². The van der Waals surface area contributed by atoms with Gasteiger partial charge in [0.15, 0.2) is 5.82 Å². The summed E-state index contributed by atoms with van der Waals surface area (Å²) in [6.45, 7) is 3.06. The first kappa shape index (κ1) is 8.99. The summed E-state index contributed by atoms with van der Waals surface area (Å²) in [5.41, 5.74) is 0.546. The van der Waals surface area contributed by atoms with Crippen LogP contribution in [0.3, 0.4) is 0 Å². The summed E-state index contributed by atoms with van der Waals surface area (Å²) in [5, 5.41) is 0. The van der Waals surface area contributed by atoms with E-state index in [0.29, 0.717) is 0 Å². The normalized spacial score (nSPS) is 10.9. The number of aryl methyl sites for hydroxylation is 1. The van der Waals surface area contributed by atoms with Crippen molar-refractivity contribution in [2.45, 2.75) is 26.3 Å². The second kappa shape index (κ2) is 3.65. The zero-order chi connectivity index (χ0) is 9.97. The number of nitrogens with zero attached hydrogens (tertiary/aromatic N) is 2. The predicted octanol–water partition coefficient (Wildman–Crippen LogP) is 1.48. The number of nitrogens with one attached hydrogen (secondary N) is 1. The van der Waals surface area contributed by atoms with Gasteiger partial charge in [0.25, 0.3) is 0 Å². The number of unbranched alkanes of at least 4 members (excludes halogenated alkanes) is 1. The Morgan fingerprint density at radius 3 is 3.21 bits per heavy atom. The van der Waals surface area contributed by atoms with Crippen molar-refractivity contribution in [3.63, 3.8) is 0 Å². The number of hydrogen-bond donors (Lipinski definition) is 1. The molecule has 14 heavy (non-hydrogen) atoms. The summed E-state index contributed by atoms with van der Waals surface area (Å²) in [5.74, 6) is 0.756. The van der Waals surface area contributed by atoms with Gasteiger partial charge >= 0.3 is 5.69 Å². The molecule has 74 valence electrons. The highest BCUT2D eigenvalue weighted by molar-refractivity contribution is 5.50. The van der Waals surface area contributed by atoms with Crippen LogP contribution in [0.4, 0.5) is 0 Å². The molecular weight excluding hydrogens is 178 g/mol. The van der Waals surface area contributed by atoms with Crippen LogP contribution < -0.4 is 5.69 Å². The molecule has 0 aromatic rings. The van der Waals surface area contributed by atoms with Crippen molar-refractivity contribution in [1.82, 2.24) is 14.5 Å². The molecule has 2 rings (SSSR count). The lowest BCUT2D eigenvalue weighted by Crippen LogP contribution is -2.04. The number of fused-ring (bicyclic) bond motifs is 1. The lowest BCUT2D eigenvalue weighted by atomic mass is 10.3. The molecule has 4 heteroatoms. The Morgan fingerprint density at radius 1 is 1.57 bits per heavy atom. The number of aromatic nitrogens is 3. The second-order valence-corrected chi connectivity index (χ2v) is 3.33. The van der Waals surface area contributed by atoms with Crippen molar-refractivity contribution in [2.75, 3.05) is 0 Å². The van der Waals surface area contributed by atoms with Crippen molar-refractivity contribution in [3.05, 3.63) is 28.8 Å². The Morgan fingerprint density at radius 2 is 2.43 bits per heavy atom. The number of rotatable bonds is 3. The number of pyridine rings is 1. The van der Waals surface area contributed by atoms with Gasteiger partial charge < -0.3 is 9.55 Å². The predicted molar refractivity (Wildman–Crippen MR) is 54.4 cm³/mol. The largest absolute Gasteiger partial charge is 0.347 e. The maximum atomic E-state index is 11.0. The molecule has 0 saturated heterocycles. The zero-order valence-electron chi connectivity index (χ0n) is 8.16. The van der Waals surface area contributed by atoms with Crippen molar-refractivity contribution < 1.29 is 0 Å². The van der Waals surface area contributed by atoms with Crippen LogP contribution in [-0.2, 0) is 6.54 Å². The Kier molecular flexibility index (Phi) is 2.35. The van der Waals surface area contributed by atoms with Crippen LogP contribution in [0.25, 0.3) is 11.5 Å². The fourth-order valence-corrected chi connectivity index (χ4v) is 1.51. The van der Waals surface area contributed by atoms with Crippen LogP contribution in [0.15, 0.2) is 23.1 Å². The lowest BCUT2D eigenvalue weighted by Gasteiger charge is -2.08. The minimum Gasteiger partial charge on any atom is -0.331 e. The summed E-state index contributed by atoms with van der Waals surface area (Å²) in [6.07, 6.45) is 4.20. The Labute approximate surface area is 81.9 Å². The SMILES string of the molecule is CCCCn1cccc2[nH]c(=O)nc1-2. The van der Waals surface area contributed by atoms with Gasteiger partial charge in [-0.1, -0.05) is 13.3 Å². The smallest absolute Gasteiger partial charge is 0.331 e. The van der Waals surface area contributed by atoms with E-state index in [9.17, 15) is 4.79 Å². The molecule has 0 saturated carbocycles. The van der Waals surface area contributed by atoms with E-state index in [4.69, 9.17) is 0 Å². The van der Waals surface area contributed by atoms with Gasteiger partial charge in [-0.3, -0.25) is 0 Å². The first-order chi connectivity index (χ1) is 6.81. The van der Waals surface area contributed by atoms with Gasteiger partial charge in [0, 0.05) is 12.7 Å². The van der Waals surface area contributed by atoms with Gasteiger partial charge in [-0.15, -0.1) is 0 Å². The fourth-order valence-electron chi connectivity index (χ4n) is 1.51. The molecule has 0 unspecified atom stereocenters. The molecule has 0 fully saturated rings. The maximum Gasteiger partial charge on any atom is 0.347 e. The lowest BCUT2D eigenvalue weighted by molar-refractivity contribution is 0.627. The van der Waals surface area contributed by atoms with Crippen LogP contribution in [0.2, 0.25) is 0 Å². The topological polar surface area (TPSA) is 50.7 Å². The number of imidazole rings is 1. The van der Waals surface area contributed by atoms with Gasteiger partial charge in [0.05, 0.1) is 5.69 Å². The summed E-state index contributed by atoms with van der Waals surface area (Å²) in [7, 11) is 0. The van der Waals surface area contributed by atoms with Gasteiger partial charge in [-0.25, -0.2) is 4.79 Å². The molecule has 2 aliphatic rings. The van der Waals surface area contributed by atoms with E-state index in [1.807, 2.05) is 22.9 Å². The quantitative estimate of drug-likeness (QED) is 0.798. The highest BCUT2D eigenvalue weighted by Gasteiger charge is 2.09. The molecule has 0 amide bonds. The summed E-state index contributed by atoms with van der Waals surface area (Å²) < 4.78 is 2.01. The van der Waals surface area contributed by atoms with Crippen LogP contribution in [0.1, 0.15) is 19.8 Å². The fraction of sp³-hybridized carbons (Fsp3) is 0.400. The first-order valence-electron chi connectivity index (χ1n) is 4.86. The van der Waals surface area contributed by atoms with Gasteiger partial charge in [0.2, 0.25) is 0 Å². The van der Waals surface area contributed by atoms with E-state index < -0.39 is 0 Å². The third-order valence-corrected chi connectivity index (χ3v) is 2.24. The third kappa shape index (κ3) is 1.55. The molecule has 0 bridgehead atoms. The molecule has 2 heterocycles. The van der Waals surface area contributed by atoms with Crippen LogP contribution in [0.5, 0.6) is 0 Å². The number of aromatic amines is 1. The van der Waals surface area contributed by atoms with Crippen molar-refractivity contribution in [3.8, 4) is 11.5 Å². The van der Waals surface area contributed by atoms with Crippen molar-refractivity contribution in [1.29, 1.82) is 0 Å². The average Bonchev–Trinajstić information content (AvgIpc) is 2.55. The Bertz CT molecular complexity index is 443. The summed E-state index contributed by atoms with van der Waals surface area (Å²) >= 11 is 0. The molecule has 4 nitrogen and oxygen atoms in total. The third-order valence-electron chi connectivity index (χ3n) is 2.24. The van der Waals surface area contributed by atoms with E-state index in [1.54, 1.807) is 0 Å². The molecule has 0 aromatic heterocycles. The molecule has 1 N–H and O–H groups in total. The van der Waals surface area contributed by atoms with Crippen molar-refractivity contribution >= 4 is 0 Å². The number of hydrogen-bond acceptors (Lipinski definition) is 2. The molecule has 0 radical (unpaired) electrons. The minimum absolute atomic E-state index is 0.267. The average molecular weight is 191 g/mol. The molecular formula is C10H13N3O. The second-order valence-electron chi connectivity index (χ2n) is 3.33. The molecule has 2 aliphatic heterocycles. The van der Waals surface area contributed by atoms with E-state index in [1.165, 1.54) is 0 Å². The Balaban J connectivity index is 2.41. The van der Waals surface area contributed by atoms with Gasteiger partial charge in [-0.05, 0) is 18.6 Å². The standard InChI is InChI=1S/C10H13N3O/c1-2-3-6-13-7-4-5-8-9(13)12-10(14)11-8/h4-5,7H,2-3,6H2,1H3,(H,11,14). The highest BCUT2D eigenvalue weighted by Crippen LogP contribution is 2.14. The highest BCUT2D eigenvalue weighted by atomic mass is 16.1. The van der Waals surface area contributed by atoms with Gasteiger partial charge in [-0.2, -0.15) is 4.98 Å². The molecule has 0 spiro atoms. The summed E-state index contributed by atoms with van der Waals surface area (Å²) in [6, 6.07) is 3.79. The van der Waals surface area contributed by atoms with Gasteiger partial charge in [0.1, 0.15) is 0 Å². The van der Waals surface area contributed by atoms with Crippen LogP contribution >= 0.6 is 0 Å².